The molecule has 0 aromatic heterocycles. The summed E-state index contributed by atoms with van der Waals surface area (Å²) in [5.41, 5.74) is 0.343. The fourth-order valence-corrected chi connectivity index (χ4v) is 3.61. The van der Waals surface area contributed by atoms with Crippen molar-refractivity contribution in [3.63, 3.8) is 0 Å². The molecule has 1 aliphatic rings. The molecule has 0 saturated carbocycles. The van der Waals surface area contributed by atoms with E-state index in [1.807, 2.05) is 0 Å². The molecule has 1 aliphatic heterocycles. The van der Waals surface area contributed by atoms with Gasteiger partial charge in [-0.3, -0.25) is 9.59 Å². The van der Waals surface area contributed by atoms with Gasteiger partial charge in [-0.1, -0.05) is 32.9 Å². The van der Waals surface area contributed by atoms with Crippen LogP contribution in [-0.2, 0) is 14.3 Å². The summed E-state index contributed by atoms with van der Waals surface area (Å²) < 4.78 is 16.4. The van der Waals surface area contributed by atoms with E-state index < -0.39 is 11.4 Å². The number of carbonyl (C=O) groups excluding carboxylic acids is 3. The molecule has 1 N–H and O–H groups in total. The number of nitrogens with one attached hydrogen (secondary N) is 1. The zero-order chi connectivity index (χ0) is 23.1. The Morgan fingerprint density at radius 1 is 1.03 bits per heavy atom. The maximum atomic E-state index is 12.5. The molecule has 8 heteroatoms. The van der Waals surface area contributed by atoms with Gasteiger partial charge in [-0.2, -0.15) is 0 Å². The molecule has 1 heterocycles. The van der Waals surface area contributed by atoms with Crippen molar-refractivity contribution in [2.75, 3.05) is 30.9 Å². The van der Waals surface area contributed by atoms with Crippen LogP contribution in [0.4, 0.5) is 5.69 Å². The van der Waals surface area contributed by atoms with Crippen LogP contribution in [0.1, 0.15) is 37.6 Å². The number of ketones is 1. The number of Topliss-reactive ketones (excluding diaryl/α,β-unsaturated/α-hetero) is 1. The molecule has 2 aromatic carbocycles. The number of hydrogen-bond donors (Lipinski definition) is 1. The van der Waals surface area contributed by atoms with E-state index >= 15 is 0 Å². The van der Waals surface area contributed by atoms with Crippen LogP contribution in [-0.4, -0.2) is 43.2 Å². The molecule has 0 spiro atoms. The van der Waals surface area contributed by atoms with Gasteiger partial charge in [0.15, 0.2) is 23.9 Å². The number of thioether (sulfide) groups is 1. The molecule has 0 atom stereocenters. The maximum absolute atomic E-state index is 12.5. The molecule has 0 bridgehead atoms. The molecule has 0 radical (unpaired) electrons. The second kappa shape index (κ2) is 10.5. The summed E-state index contributed by atoms with van der Waals surface area (Å²) in [5.74, 6) is 0.382. The van der Waals surface area contributed by atoms with Crippen molar-refractivity contribution in [3.05, 3.63) is 48.0 Å². The van der Waals surface area contributed by atoms with Crippen LogP contribution in [0, 0.1) is 5.41 Å². The first-order chi connectivity index (χ1) is 15.2. The Bertz CT molecular complexity index is 998. The lowest BCUT2D eigenvalue weighted by Gasteiger charge is -2.16. The lowest BCUT2D eigenvalue weighted by Crippen LogP contribution is -2.26. The van der Waals surface area contributed by atoms with Gasteiger partial charge in [0, 0.05) is 28.5 Å². The first kappa shape index (κ1) is 23.7. The number of carbonyl (C=O) groups is 3. The average Bonchev–Trinajstić information content (AvgIpc) is 3.00. The minimum atomic E-state index is -0.589. The van der Waals surface area contributed by atoms with Crippen molar-refractivity contribution in [1.29, 1.82) is 0 Å². The van der Waals surface area contributed by atoms with Gasteiger partial charge in [0.1, 0.15) is 0 Å². The number of rotatable bonds is 7. The quantitative estimate of drug-likeness (QED) is 0.488. The molecule has 0 aliphatic carbocycles. The Labute approximate surface area is 191 Å². The normalized spacial score (nSPS) is 13.1. The summed E-state index contributed by atoms with van der Waals surface area (Å²) in [7, 11) is 0. The number of amides is 1. The average molecular weight is 458 g/mol. The third-order valence-electron chi connectivity index (χ3n) is 4.67. The Balaban J connectivity index is 1.58. The van der Waals surface area contributed by atoms with Gasteiger partial charge in [0.05, 0.1) is 24.5 Å². The second-order valence-corrected chi connectivity index (χ2v) is 9.31. The highest BCUT2D eigenvalue weighted by Crippen LogP contribution is 2.32. The van der Waals surface area contributed by atoms with Crippen LogP contribution >= 0.6 is 11.8 Å². The number of ether oxygens (including phenoxy) is 3. The topological polar surface area (TPSA) is 90.9 Å². The number of anilines is 1. The van der Waals surface area contributed by atoms with Gasteiger partial charge in [-0.25, -0.2) is 4.79 Å². The second-order valence-electron chi connectivity index (χ2n) is 8.29. The van der Waals surface area contributed by atoms with Crippen molar-refractivity contribution in [2.45, 2.75) is 32.1 Å². The Morgan fingerprint density at radius 2 is 1.75 bits per heavy atom. The van der Waals surface area contributed by atoms with Gasteiger partial charge in [-0.05, 0) is 24.3 Å². The van der Waals surface area contributed by atoms with Crippen LogP contribution in [0.15, 0.2) is 47.4 Å². The molecule has 32 heavy (non-hydrogen) atoms. The Hall–Kier alpha value is -3.00. The van der Waals surface area contributed by atoms with Gasteiger partial charge < -0.3 is 19.5 Å². The fraction of sp³-hybridized carbons (Fsp3) is 0.375. The summed E-state index contributed by atoms with van der Waals surface area (Å²) in [4.78, 5) is 37.6. The standard InChI is InChI=1S/C24H27NO6S/c1-24(2,3)21(26)14-31-23(28)17-7-4-5-8-20(17)32-15-22(27)25-16-9-10-18-19(13-16)30-12-6-11-29-18/h4-5,7-10,13H,6,11-12,14-15H2,1-3H3,(H,25,27). The molecule has 0 saturated heterocycles. The van der Waals surface area contributed by atoms with Crippen molar-refractivity contribution < 1.29 is 28.6 Å². The van der Waals surface area contributed by atoms with Crippen LogP contribution in [0.2, 0.25) is 0 Å². The van der Waals surface area contributed by atoms with Crippen molar-refractivity contribution in [2.24, 2.45) is 5.41 Å². The zero-order valence-corrected chi connectivity index (χ0v) is 19.3. The number of fused-ring (bicyclic) bond motifs is 1. The van der Waals surface area contributed by atoms with Crippen molar-refractivity contribution >= 4 is 35.1 Å². The van der Waals surface area contributed by atoms with Crippen LogP contribution < -0.4 is 14.8 Å². The zero-order valence-electron chi connectivity index (χ0n) is 18.4. The third kappa shape index (κ3) is 6.50. The van der Waals surface area contributed by atoms with Gasteiger partial charge in [0.2, 0.25) is 5.91 Å². The van der Waals surface area contributed by atoms with E-state index in [4.69, 9.17) is 14.2 Å². The summed E-state index contributed by atoms with van der Waals surface area (Å²) in [6.07, 6.45) is 0.805. The predicted octanol–water partition coefficient (Wildman–Crippen LogP) is 4.35. The summed E-state index contributed by atoms with van der Waals surface area (Å²) in [5, 5.41) is 2.83. The summed E-state index contributed by atoms with van der Waals surface area (Å²) in [6, 6.07) is 12.1. The lowest BCUT2D eigenvalue weighted by molar-refractivity contribution is -0.129. The predicted molar refractivity (Wildman–Crippen MR) is 123 cm³/mol. The molecule has 0 unspecified atom stereocenters. The highest BCUT2D eigenvalue weighted by molar-refractivity contribution is 8.00. The molecule has 3 rings (SSSR count). The van der Waals surface area contributed by atoms with Gasteiger partial charge >= 0.3 is 5.97 Å². The minimum Gasteiger partial charge on any atom is -0.490 e. The van der Waals surface area contributed by atoms with E-state index in [2.05, 4.69) is 5.32 Å². The summed E-state index contributed by atoms with van der Waals surface area (Å²) in [6.45, 7) is 6.19. The largest absolute Gasteiger partial charge is 0.490 e. The maximum Gasteiger partial charge on any atom is 0.339 e. The Kier molecular flexibility index (Phi) is 7.80. The number of benzene rings is 2. The van der Waals surface area contributed by atoms with Gasteiger partial charge in [-0.15, -0.1) is 11.8 Å². The van der Waals surface area contributed by atoms with Crippen LogP contribution in [0.3, 0.4) is 0 Å². The van der Waals surface area contributed by atoms with Gasteiger partial charge in [0.25, 0.3) is 0 Å². The first-order valence-electron chi connectivity index (χ1n) is 10.4. The van der Waals surface area contributed by atoms with E-state index in [9.17, 15) is 14.4 Å². The smallest absolute Gasteiger partial charge is 0.339 e. The molecule has 0 fully saturated rings. The molecular weight excluding hydrogens is 430 g/mol. The van der Waals surface area contributed by atoms with E-state index in [0.29, 0.717) is 40.9 Å². The van der Waals surface area contributed by atoms with Crippen LogP contribution in [0.5, 0.6) is 11.5 Å². The molecule has 7 nitrogen and oxygen atoms in total. The van der Waals surface area contributed by atoms with Crippen LogP contribution in [0.25, 0.3) is 0 Å². The molecular formula is C24H27NO6S. The number of hydrogen-bond acceptors (Lipinski definition) is 7. The minimum absolute atomic E-state index is 0.0969. The first-order valence-corrected chi connectivity index (χ1v) is 11.3. The summed E-state index contributed by atoms with van der Waals surface area (Å²) >= 11 is 1.22. The molecule has 1 amide bonds. The molecule has 2 aromatic rings. The lowest BCUT2D eigenvalue weighted by atomic mass is 9.91. The highest BCUT2D eigenvalue weighted by atomic mass is 32.2. The SMILES string of the molecule is CC(C)(C)C(=O)COC(=O)c1ccccc1SCC(=O)Nc1ccc2c(c1)OCCCO2. The molecule has 170 valence electrons. The monoisotopic (exact) mass is 457 g/mol. The fourth-order valence-electron chi connectivity index (χ4n) is 2.77. The highest BCUT2D eigenvalue weighted by Gasteiger charge is 2.23. The third-order valence-corrected chi connectivity index (χ3v) is 5.74. The van der Waals surface area contributed by atoms with E-state index in [0.717, 1.165) is 6.42 Å². The van der Waals surface area contributed by atoms with E-state index in [-0.39, 0.29) is 24.1 Å². The van der Waals surface area contributed by atoms with E-state index in [1.54, 1.807) is 63.2 Å². The number of esters is 1. The van der Waals surface area contributed by atoms with Crippen molar-refractivity contribution in [1.82, 2.24) is 0 Å². The Morgan fingerprint density at radius 3 is 2.50 bits per heavy atom. The van der Waals surface area contributed by atoms with E-state index in [1.165, 1.54) is 11.8 Å². The van der Waals surface area contributed by atoms with Crippen molar-refractivity contribution in [3.8, 4) is 11.5 Å².